The number of ether oxygens (including phenoxy) is 3. The monoisotopic (exact) mass is 636 g/mol. The zero-order valence-corrected chi connectivity index (χ0v) is 23.1. The van der Waals surface area contributed by atoms with Crippen LogP contribution in [0.3, 0.4) is 0 Å². The highest BCUT2D eigenvalue weighted by atomic mass is 79.9. The van der Waals surface area contributed by atoms with E-state index in [2.05, 4.69) is 52.4 Å². The molecule has 0 fully saturated rings. The number of phenolic OH excluding ortho intramolecular Hbond substituents is 1. The maximum atomic E-state index is 12.5. The van der Waals surface area contributed by atoms with E-state index in [0.717, 1.165) is 0 Å². The lowest BCUT2D eigenvalue weighted by Crippen LogP contribution is -2.24. The van der Waals surface area contributed by atoms with E-state index in [4.69, 9.17) is 14.2 Å². The Morgan fingerprint density at radius 2 is 1.97 bits per heavy atom. The molecule has 0 aliphatic carbocycles. The number of aryl methyl sites for hydroxylation is 1. The van der Waals surface area contributed by atoms with Crippen LogP contribution in [0.15, 0.2) is 49.2 Å². The number of halogens is 2. The third kappa shape index (κ3) is 6.95. The first-order valence-electron chi connectivity index (χ1n) is 10.7. The Bertz CT molecular complexity index is 1420. The summed E-state index contributed by atoms with van der Waals surface area (Å²) < 4.78 is 17.2. The topological polar surface area (TPSA) is 152 Å². The van der Waals surface area contributed by atoms with Crippen molar-refractivity contribution in [2.75, 3.05) is 20.3 Å². The van der Waals surface area contributed by atoms with Crippen molar-refractivity contribution in [1.82, 2.24) is 15.4 Å². The Morgan fingerprint density at radius 3 is 2.68 bits per heavy atom. The van der Waals surface area contributed by atoms with Gasteiger partial charge in [-0.25, -0.2) is 15.0 Å². The number of H-pyrrole nitrogens is 1. The standard InChI is InChI=1S/C24H22Br2N4O7/c1-4-36-23(33)20-12(2)28-24(34)29-21(20)13-5-6-17(18(8-13)35-3)37-11-19(31)30-27-10-14-7-15(25)9-16(26)22(14)32/h5-10,32H,4,11H2,1-3H3,(H,30,31)(H,28,29,34). The Morgan fingerprint density at radius 1 is 1.22 bits per heavy atom. The number of aromatic amines is 1. The predicted molar refractivity (Wildman–Crippen MR) is 142 cm³/mol. The smallest absolute Gasteiger partial charge is 0.345 e. The van der Waals surface area contributed by atoms with Gasteiger partial charge < -0.3 is 24.3 Å². The molecule has 0 atom stereocenters. The summed E-state index contributed by atoms with van der Waals surface area (Å²) in [6.45, 7) is 3.01. The molecule has 0 aliphatic rings. The molecule has 3 aromatic rings. The van der Waals surface area contributed by atoms with E-state index < -0.39 is 24.2 Å². The Balaban J connectivity index is 1.75. The molecule has 194 valence electrons. The number of amides is 1. The molecular formula is C24H22Br2N4O7. The van der Waals surface area contributed by atoms with Gasteiger partial charge in [0.2, 0.25) is 0 Å². The van der Waals surface area contributed by atoms with Crippen molar-refractivity contribution < 1.29 is 28.9 Å². The third-order valence-electron chi connectivity index (χ3n) is 4.85. The number of nitrogens with zero attached hydrogens (tertiary/aromatic N) is 2. The first kappa shape index (κ1) is 27.9. The van der Waals surface area contributed by atoms with E-state index in [-0.39, 0.29) is 35.1 Å². The number of phenols is 1. The normalized spacial score (nSPS) is 10.8. The van der Waals surface area contributed by atoms with E-state index in [1.807, 2.05) is 0 Å². The number of rotatable bonds is 9. The van der Waals surface area contributed by atoms with Crippen LogP contribution in [0, 0.1) is 6.92 Å². The van der Waals surface area contributed by atoms with Crippen LogP contribution >= 0.6 is 31.9 Å². The number of esters is 1. The van der Waals surface area contributed by atoms with Crippen molar-refractivity contribution in [3.05, 3.63) is 66.6 Å². The van der Waals surface area contributed by atoms with Gasteiger partial charge in [0, 0.05) is 21.3 Å². The van der Waals surface area contributed by atoms with Gasteiger partial charge in [-0.15, -0.1) is 0 Å². The molecule has 2 aromatic carbocycles. The lowest BCUT2D eigenvalue weighted by Gasteiger charge is -2.14. The number of nitrogens with one attached hydrogen (secondary N) is 2. The molecule has 3 N–H and O–H groups in total. The molecular weight excluding hydrogens is 616 g/mol. The van der Waals surface area contributed by atoms with Crippen molar-refractivity contribution in [1.29, 1.82) is 0 Å². The van der Waals surface area contributed by atoms with Crippen LogP contribution in [0.5, 0.6) is 17.2 Å². The molecule has 0 bridgehead atoms. The lowest BCUT2D eigenvalue weighted by atomic mass is 10.0. The quantitative estimate of drug-likeness (QED) is 0.182. The van der Waals surface area contributed by atoms with Crippen LogP contribution in [0.4, 0.5) is 0 Å². The molecule has 1 amide bonds. The summed E-state index contributed by atoms with van der Waals surface area (Å²) >= 11 is 6.53. The van der Waals surface area contributed by atoms with Gasteiger partial charge in [0.15, 0.2) is 18.1 Å². The van der Waals surface area contributed by atoms with Crippen molar-refractivity contribution in [3.8, 4) is 28.5 Å². The van der Waals surface area contributed by atoms with Gasteiger partial charge in [-0.2, -0.15) is 10.1 Å². The number of benzene rings is 2. The lowest BCUT2D eigenvalue weighted by molar-refractivity contribution is -0.123. The number of aromatic hydroxyl groups is 1. The average Bonchev–Trinajstić information content (AvgIpc) is 2.85. The minimum atomic E-state index is -0.626. The van der Waals surface area contributed by atoms with Crippen LogP contribution in [0.25, 0.3) is 11.3 Å². The maximum absolute atomic E-state index is 12.5. The maximum Gasteiger partial charge on any atom is 0.345 e. The molecule has 3 rings (SSSR count). The fourth-order valence-electron chi connectivity index (χ4n) is 3.22. The predicted octanol–water partition coefficient (Wildman–Crippen LogP) is 3.69. The first-order chi connectivity index (χ1) is 17.6. The molecule has 1 aromatic heterocycles. The highest BCUT2D eigenvalue weighted by Gasteiger charge is 2.21. The van der Waals surface area contributed by atoms with E-state index in [9.17, 15) is 19.5 Å². The van der Waals surface area contributed by atoms with E-state index in [1.54, 1.807) is 32.0 Å². The first-order valence-corrected chi connectivity index (χ1v) is 12.3. The van der Waals surface area contributed by atoms with E-state index in [0.29, 0.717) is 25.8 Å². The minimum Gasteiger partial charge on any atom is -0.506 e. The third-order valence-corrected chi connectivity index (χ3v) is 5.91. The number of aromatic nitrogens is 2. The molecule has 37 heavy (non-hydrogen) atoms. The van der Waals surface area contributed by atoms with E-state index in [1.165, 1.54) is 25.5 Å². The van der Waals surface area contributed by atoms with Gasteiger partial charge in [0.1, 0.15) is 11.3 Å². The summed E-state index contributed by atoms with van der Waals surface area (Å²) in [5.41, 5.74) is 3.04. The van der Waals surface area contributed by atoms with Gasteiger partial charge in [0.05, 0.1) is 30.1 Å². The van der Waals surface area contributed by atoms with Crippen LogP contribution in [0.1, 0.15) is 28.5 Å². The summed E-state index contributed by atoms with van der Waals surface area (Å²) in [6, 6.07) is 7.93. The number of hydrogen-bond acceptors (Lipinski definition) is 9. The highest BCUT2D eigenvalue weighted by molar-refractivity contribution is 9.11. The summed E-state index contributed by atoms with van der Waals surface area (Å²) in [6.07, 6.45) is 1.29. The number of methoxy groups -OCH3 is 1. The molecule has 1 heterocycles. The second-order valence-electron chi connectivity index (χ2n) is 7.38. The second kappa shape index (κ2) is 12.5. The van der Waals surface area contributed by atoms with Gasteiger partial charge in [-0.1, -0.05) is 15.9 Å². The van der Waals surface area contributed by atoms with Crippen molar-refractivity contribution >= 4 is 50.0 Å². The van der Waals surface area contributed by atoms with Crippen molar-refractivity contribution in [3.63, 3.8) is 0 Å². The fourth-order valence-corrected chi connectivity index (χ4v) is 4.47. The van der Waals surface area contributed by atoms with Crippen molar-refractivity contribution in [2.45, 2.75) is 13.8 Å². The zero-order valence-electron chi connectivity index (χ0n) is 19.9. The van der Waals surface area contributed by atoms with Gasteiger partial charge in [-0.05, 0) is 60.1 Å². The molecule has 0 radical (unpaired) electrons. The average molecular weight is 638 g/mol. The largest absolute Gasteiger partial charge is 0.506 e. The number of hydrazone groups is 1. The van der Waals surface area contributed by atoms with Crippen LogP contribution < -0.4 is 20.6 Å². The fraction of sp³-hybridized carbons (Fsp3) is 0.208. The van der Waals surface area contributed by atoms with Gasteiger partial charge >= 0.3 is 11.7 Å². The van der Waals surface area contributed by atoms with Crippen LogP contribution in [-0.2, 0) is 9.53 Å². The highest BCUT2D eigenvalue weighted by Crippen LogP contribution is 2.33. The second-order valence-corrected chi connectivity index (χ2v) is 9.15. The molecule has 0 saturated heterocycles. The minimum absolute atomic E-state index is 0.0292. The summed E-state index contributed by atoms with van der Waals surface area (Å²) in [7, 11) is 1.40. The molecule has 13 heteroatoms. The summed E-state index contributed by atoms with van der Waals surface area (Å²) in [4.78, 5) is 43.1. The summed E-state index contributed by atoms with van der Waals surface area (Å²) in [5.74, 6) is -0.741. The van der Waals surface area contributed by atoms with Gasteiger partial charge in [-0.3, -0.25) is 4.79 Å². The van der Waals surface area contributed by atoms with E-state index >= 15 is 0 Å². The van der Waals surface area contributed by atoms with Crippen molar-refractivity contribution in [2.24, 2.45) is 5.10 Å². The molecule has 0 spiro atoms. The van der Waals surface area contributed by atoms with Crippen LogP contribution in [0.2, 0.25) is 0 Å². The molecule has 0 unspecified atom stereocenters. The molecule has 11 nitrogen and oxygen atoms in total. The summed E-state index contributed by atoms with van der Waals surface area (Å²) in [5, 5.41) is 13.9. The number of carbonyl (C=O) groups is 2. The number of hydrogen-bond donors (Lipinski definition) is 3. The molecule has 0 aliphatic heterocycles. The zero-order chi connectivity index (χ0) is 27.1. The SMILES string of the molecule is CCOC(=O)c1c(-c2ccc(OCC(=O)NN=Cc3cc(Br)cc(Br)c3O)c(OC)c2)nc(=O)[nH]c1C. The Kier molecular flexibility index (Phi) is 9.42. The van der Waals surface area contributed by atoms with Gasteiger partial charge in [0.25, 0.3) is 5.91 Å². The van der Waals surface area contributed by atoms with Crippen LogP contribution in [-0.4, -0.2) is 53.5 Å². The Labute approximate surface area is 228 Å². The molecule has 0 saturated carbocycles. The number of carbonyl (C=O) groups excluding carboxylic acids is 2. The Hall–Kier alpha value is -3.71.